The van der Waals surface area contributed by atoms with Gasteiger partial charge in [-0.15, -0.1) is 0 Å². The summed E-state index contributed by atoms with van der Waals surface area (Å²) in [6, 6.07) is -1.92. The Labute approximate surface area is 132 Å². The second kappa shape index (κ2) is 6.57. The van der Waals surface area contributed by atoms with Crippen LogP contribution in [-0.4, -0.2) is 86.1 Å². The first-order chi connectivity index (χ1) is 10.3. The average molecular weight is 359 g/mol. The Balaban J connectivity index is 3.59. The summed E-state index contributed by atoms with van der Waals surface area (Å²) in [5, 5.41) is 50.7. The van der Waals surface area contributed by atoms with Crippen molar-refractivity contribution < 1.29 is 48.0 Å². The topological polar surface area (TPSA) is 194 Å². The van der Waals surface area contributed by atoms with E-state index in [1.165, 1.54) is 0 Å². The minimum absolute atomic E-state index is 0.558. The van der Waals surface area contributed by atoms with Crippen LogP contribution >= 0.6 is 0 Å². The van der Waals surface area contributed by atoms with E-state index in [0.29, 0.717) is 0 Å². The molecule has 23 heavy (non-hydrogen) atoms. The lowest BCUT2D eigenvalue weighted by Gasteiger charge is -2.51. The predicted molar refractivity (Wildman–Crippen MR) is 73.3 cm³/mol. The summed E-state index contributed by atoms with van der Waals surface area (Å²) < 4.78 is 38.3. The van der Waals surface area contributed by atoms with E-state index in [2.05, 4.69) is 0 Å². The van der Waals surface area contributed by atoms with Crippen LogP contribution in [0.2, 0.25) is 0 Å². The average Bonchev–Trinajstić information content (AvgIpc) is 2.37. The fraction of sp³-hybridized carbons (Fsp3) is 0.909. The number of carbonyl (C=O) groups is 1. The van der Waals surface area contributed by atoms with Crippen LogP contribution < -0.4 is 5.32 Å². The largest absolute Gasteiger partial charge is 0.394 e. The van der Waals surface area contributed by atoms with Crippen LogP contribution in [0.15, 0.2) is 0 Å². The highest BCUT2D eigenvalue weighted by Gasteiger charge is 2.66. The van der Waals surface area contributed by atoms with Crippen molar-refractivity contribution in [3.63, 3.8) is 0 Å². The van der Waals surface area contributed by atoms with E-state index in [1.807, 2.05) is 5.32 Å². The van der Waals surface area contributed by atoms with Crippen LogP contribution in [0.5, 0.6) is 0 Å². The van der Waals surface area contributed by atoms with Gasteiger partial charge in [-0.1, -0.05) is 0 Å². The number of rotatable bonds is 5. The summed E-state index contributed by atoms with van der Waals surface area (Å²) in [4.78, 5) is 8.08. The normalized spacial score (nSPS) is 37.9. The van der Waals surface area contributed by atoms with Gasteiger partial charge in [0.2, 0.25) is 10.8 Å². The molecular formula is C11H21NO10S. The predicted octanol–water partition coefficient (Wildman–Crippen LogP) is -3.72. The van der Waals surface area contributed by atoms with E-state index in [-0.39, 0.29) is 0 Å². The quantitative estimate of drug-likeness (QED) is 0.240. The minimum atomic E-state index is -5.42. The summed E-state index contributed by atoms with van der Waals surface area (Å²) in [6.45, 7) is 0.814. The Morgan fingerprint density at radius 1 is 1.43 bits per heavy atom. The molecule has 0 saturated carbocycles. The Kier molecular flexibility index (Phi) is 5.76. The Hall–Kier alpha value is -0.860. The zero-order valence-electron chi connectivity index (χ0n) is 12.4. The molecule has 0 aliphatic carbocycles. The molecule has 7 N–H and O–H groups in total. The summed E-state index contributed by atoms with van der Waals surface area (Å²) >= 11 is 0. The van der Waals surface area contributed by atoms with E-state index in [9.17, 15) is 38.2 Å². The zero-order chi connectivity index (χ0) is 18.2. The molecule has 0 unspecified atom stereocenters. The molecule has 1 aliphatic heterocycles. The molecule has 1 fully saturated rings. The van der Waals surface area contributed by atoms with Crippen molar-refractivity contribution >= 4 is 16.0 Å². The Bertz CT molecular complexity index is 549. The van der Waals surface area contributed by atoms with Gasteiger partial charge in [-0.05, 0) is 6.92 Å². The third kappa shape index (κ3) is 3.80. The van der Waals surface area contributed by atoms with E-state index in [1.54, 1.807) is 0 Å². The molecule has 11 nitrogen and oxygen atoms in total. The third-order valence-corrected chi connectivity index (χ3v) is 4.90. The summed E-state index contributed by atoms with van der Waals surface area (Å²) in [7, 11) is -5.42. The maximum Gasteiger partial charge on any atom is 0.300 e. The molecule has 0 spiro atoms. The molecular weight excluding hydrogens is 338 g/mol. The van der Waals surface area contributed by atoms with Gasteiger partial charge in [-0.3, -0.25) is 9.35 Å². The van der Waals surface area contributed by atoms with Crippen molar-refractivity contribution in [3.05, 3.63) is 0 Å². The monoisotopic (exact) mass is 359 g/mol. The van der Waals surface area contributed by atoms with Crippen LogP contribution in [0, 0.1) is 0 Å². The van der Waals surface area contributed by atoms with Gasteiger partial charge >= 0.3 is 0 Å². The lowest BCUT2D eigenvalue weighted by Crippen LogP contribution is -2.75. The maximum atomic E-state index is 11.9. The lowest BCUT2D eigenvalue weighted by molar-refractivity contribution is -0.309. The fourth-order valence-electron chi connectivity index (χ4n) is 2.62. The van der Waals surface area contributed by atoms with Gasteiger partial charge in [-0.25, -0.2) is 0 Å². The Morgan fingerprint density at radius 3 is 2.35 bits per heavy atom. The van der Waals surface area contributed by atoms with E-state index in [4.69, 9.17) is 9.84 Å². The van der Waals surface area contributed by atoms with E-state index < -0.39 is 64.1 Å². The molecule has 12 heteroatoms. The molecule has 1 saturated heterocycles. The van der Waals surface area contributed by atoms with Crippen LogP contribution in [-0.2, 0) is 19.6 Å². The first kappa shape index (κ1) is 20.2. The highest BCUT2D eigenvalue weighted by molar-refractivity contribution is 7.87. The van der Waals surface area contributed by atoms with E-state index in [0.717, 1.165) is 13.8 Å². The molecule has 1 amide bonds. The molecule has 1 rings (SSSR count). The smallest absolute Gasteiger partial charge is 0.300 e. The van der Waals surface area contributed by atoms with Crippen molar-refractivity contribution in [2.24, 2.45) is 0 Å². The highest BCUT2D eigenvalue weighted by Crippen LogP contribution is 2.41. The third-order valence-electron chi connectivity index (χ3n) is 3.51. The number of aliphatic hydroxyl groups excluding tert-OH is 4. The standard InChI is InChI=1S/C11H21NO10S/c1-5(14)12-8-6(15)3-10(2,18)22-11(8,23(19,20)21)9(17)7(16)4-13/h6-9,13,15-18H,3-4H2,1-2H3,(H,12,14)(H,19,20,21)/t6-,7+,8+,9+,10+,11-/m0/s1. The first-order valence-electron chi connectivity index (χ1n) is 6.60. The molecule has 0 radical (unpaired) electrons. The fourth-order valence-corrected chi connectivity index (χ4v) is 3.90. The molecule has 0 bridgehead atoms. The lowest BCUT2D eigenvalue weighted by atomic mass is 9.88. The number of hydrogen-bond acceptors (Lipinski definition) is 9. The molecule has 1 aliphatic rings. The van der Waals surface area contributed by atoms with Crippen molar-refractivity contribution in [2.45, 2.75) is 55.3 Å². The van der Waals surface area contributed by atoms with Crippen molar-refractivity contribution in [1.29, 1.82) is 0 Å². The van der Waals surface area contributed by atoms with Crippen LogP contribution in [0.4, 0.5) is 0 Å². The number of nitrogens with one attached hydrogen (secondary N) is 1. The number of aliphatic hydroxyl groups is 5. The summed E-state index contributed by atoms with van der Waals surface area (Å²) in [5.74, 6) is -3.15. The zero-order valence-corrected chi connectivity index (χ0v) is 13.3. The van der Waals surface area contributed by atoms with Gasteiger partial charge in [0.15, 0.2) is 5.79 Å². The number of hydrogen-bond donors (Lipinski definition) is 7. The van der Waals surface area contributed by atoms with Gasteiger partial charge < -0.3 is 35.6 Å². The highest BCUT2D eigenvalue weighted by atomic mass is 32.2. The summed E-state index contributed by atoms with van der Waals surface area (Å²) in [6.07, 6.45) is -6.93. The van der Waals surface area contributed by atoms with E-state index >= 15 is 0 Å². The van der Waals surface area contributed by atoms with Crippen LogP contribution in [0.1, 0.15) is 20.3 Å². The van der Waals surface area contributed by atoms with Gasteiger partial charge in [0.1, 0.15) is 18.2 Å². The molecule has 0 aromatic heterocycles. The number of amides is 1. The van der Waals surface area contributed by atoms with Crippen molar-refractivity contribution in [3.8, 4) is 0 Å². The van der Waals surface area contributed by atoms with Crippen LogP contribution in [0.3, 0.4) is 0 Å². The van der Waals surface area contributed by atoms with Gasteiger partial charge in [0.05, 0.1) is 12.7 Å². The second-order valence-electron chi connectivity index (χ2n) is 5.62. The number of ether oxygens (including phenoxy) is 1. The van der Waals surface area contributed by atoms with Gasteiger partial charge in [0.25, 0.3) is 10.1 Å². The SMILES string of the molecule is CC(=O)N[C@@H]1[C@@H](O)C[C@](C)(O)O[C@]1([C@H](O)[C@H](O)CO)S(=O)(=O)O. The summed E-state index contributed by atoms with van der Waals surface area (Å²) in [5.41, 5.74) is 0. The minimum Gasteiger partial charge on any atom is -0.394 e. The van der Waals surface area contributed by atoms with Crippen molar-refractivity contribution in [2.75, 3.05) is 6.61 Å². The Morgan fingerprint density at radius 2 is 1.96 bits per heavy atom. The van der Waals surface area contributed by atoms with Crippen molar-refractivity contribution in [1.82, 2.24) is 5.32 Å². The molecule has 136 valence electrons. The molecule has 0 aromatic carbocycles. The molecule has 6 atom stereocenters. The molecule has 0 aromatic rings. The maximum absolute atomic E-state index is 11.9. The number of carbonyl (C=O) groups excluding carboxylic acids is 1. The molecule has 1 heterocycles. The van der Waals surface area contributed by atoms with Gasteiger partial charge in [-0.2, -0.15) is 8.42 Å². The second-order valence-corrected chi connectivity index (χ2v) is 7.21. The van der Waals surface area contributed by atoms with Gasteiger partial charge in [0, 0.05) is 13.3 Å². The van der Waals surface area contributed by atoms with Crippen LogP contribution in [0.25, 0.3) is 0 Å². The first-order valence-corrected chi connectivity index (χ1v) is 8.04.